The van der Waals surface area contributed by atoms with E-state index in [1.54, 1.807) is 6.07 Å². The summed E-state index contributed by atoms with van der Waals surface area (Å²) >= 11 is 0. The van der Waals surface area contributed by atoms with E-state index in [-0.39, 0.29) is 17.9 Å². The SMILES string of the molecule is CCc1ccc(NC(=O)Cc2n[nH]c(=O)c3cc(-c4ccccc4)nn23)cc1. The van der Waals surface area contributed by atoms with Crippen LogP contribution in [-0.4, -0.2) is 25.7 Å². The fourth-order valence-electron chi connectivity index (χ4n) is 3.00. The average Bonchev–Trinajstić information content (AvgIpc) is 3.18. The van der Waals surface area contributed by atoms with Crippen molar-refractivity contribution in [2.24, 2.45) is 0 Å². The lowest BCUT2D eigenvalue weighted by atomic mass is 10.1. The summed E-state index contributed by atoms with van der Waals surface area (Å²) in [6, 6.07) is 18.9. The van der Waals surface area contributed by atoms with Crippen LogP contribution in [-0.2, 0) is 17.6 Å². The van der Waals surface area contributed by atoms with Crippen molar-refractivity contribution in [1.82, 2.24) is 19.8 Å². The van der Waals surface area contributed by atoms with E-state index in [1.807, 2.05) is 54.6 Å². The number of aryl methyl sites for hydroxylation is 1. The number of fused-ring (bicyclic) bond motifs is 1. The zero-order valence-corrected chi connectivity index (χ0v) is 15.3. The summed E-state index contributed by atoms with van der Waals surface area (Å²) in [5.74, 6) is 0.126. The van der Waals surface area contributed by atoms with Gasteiger partial charge in [0.1, 0.15) is 5.52 Å². The minimum atomic E-state index is -0.353. The number of aromatic amines is 1. The standard InChI is InChI=1S/C21H19N5O2/c1-2-14-8-10-16(11-9-14)22-20(27)13-19-23-24-21(28)18-12-17(25-26(18)19)15-6-4-3-5-7-15/h3-12H,2,13H2,1H3,(H,22,27)(H,24,28). The molecule has 2 N–H and O–H groups in total. The first-order valence-corrected chi connectivity index (χ1v) is 9.05. The average molecular weight is 373 g/mol. The van der Waals surface area contributed by atoms with Gasteiger partial charge in [0.25, 0.3) is 5.56 Å². The maximum Gasteiger partial charge on any atom is 0.290 e. The second kappa shape index (κ2) is 7.48. The number of rotatable bonds is 5. The first kappa shape index (κ1) is 17.7. The van der Waals surface area contributed by atoms with Crippen LogP contribution in [0.25, 0.3) is 16.8 Å². The van der Waals surface area contributed by atoms with Gasteiger partial charge in [0.15, 0.2) is 5.82 Å². The van der Waals surface area contributed by atoms with E-state index < -0.39 is 0 Å². The third-order valence-electron chi connectivity index (χ3n) is 4.51. The van der Waals surface area contributed by atoms with Crippen molar-refractivity contribution in [3.05, 3.63) is 82.4 Å². The molecule has 0 aliphatic rings. The molecule has 1 amide bonds. The van der Waals surface area contributed by atoms with Gasteiger partial charge in [0.05, 0.1) is 12.1 Å². The van der Waals surface area contributed by atoms with Crippen LogP contribution in [0, 0.1) is 0 Å². The highest BCUT2D eigenvalue weighted by Crippen LogP contribution is 2.18. The highest BCUT2D eigenvalue weighted by atomic mass is 16.1. The fraction of sp³-hybridized carbons (Fsp3) is 0.143. The van der Waals surface area contributed by atoms with E-state index in [0.29, 0.717) is 22.7 Å². The van der Waals surface area contributed by atoms with Crippen LogP contribution in [0.2, 0.25) is 0 Å². The van der Waals surface area contributed by atoms with Gasteiger partial charge in [0, 0.05) is 11.3 Å². The number of carbonyl (C=O) groups is 1. The molecule has 0 unspecified atom stereocenters. The molecule has 0 saturated carbocycles. The zero-order chi connectivity index (χ0) is 19.5. The smallest absolute Gasteiger partial charge is 0.290 e. The van der Waals surface area contributed by atoms with Crippen molar-refractivity contribution in [2.45, 2.75) is 19.8 Å². The first-order chi connectivity index (χ1) is 13.6. The predicted octanol–water partition coefficient (Wildman–Crippen LogP) is 2.83. The summed E-state index contributed by atoms with van der Waals surface area (Å²) in [6.45, 7) is 2.08. The van der Waals surface area contributed by atoms with Gasteiger partial charge in [-0.3, -0.25) is 9.59 Å². The van der Waals surface area contributed by atoms with Crippen molar-refractivity contribution in [2.75, 3.05) is 5.32 Å². The van der Waals surface area contributed by atoms with E-state index in [2.05, 4.69) is 27.5 Å². The van der Waals surface area contributed by atoms with E-state index in [9.17, 15) is 9.59 Å². The third-order valence-corrected chi connectivity index (χ3v) is 4.51. The molecule has 2 aromatic heterocycles. The van der Waals surface area contributed by atoms with Crippen molar-refractivity contribution in [3.63, 3.8) is 0 Å². The van der Waals surface area contributed by atoms with Gasteiger partial charge < -0.3 is 5.32 Å². The van der Waals surface area contributed by atoms with Crippen LogP contribution in [0.3, 0.4) is 0 Å². The molecule has 28 heavy (non-hydrogen) atoms. The van der Waals surface area contributed by atoms with Crippen LogP contribution in [0.5, 0.6) is 0 Å². The second-order valence-electron chi connectivity index (χ2n) is 6.44. The molecule has 2 aromatic carbocycles. The number of amides is 1. The number of H-pyrrole nitrogens is 1. The van der Waals surface area contributed by atoms with Crippen molar-refractivity contribution < 1.29 is 4.79 Å². The number of nitrogens with zero attached hydrogens (tertiary/aromatic N) is 3. The minimum absolute atomic E-state index is 0.0152. The van der Waals surface area contributed by atoms with Gasteiger partial charge in [-0.2, -0.15) is 10.2 Å². The molecule has 2 heterocycles. The number of hydrogen-bond acceptors (Lipinski definition) is 4. The van der Waals surface area contributed by atoms with Crippen LogP contribution < -0.4 is 10.9 Å². The molecule has 4 rings (SSSR count). The lowest BCUT2D eigenvalue weighted by molar-refractivity contribution is -0.115. The number of benzene rings is 2. The predicted molar refractivity (Wildman–Crippen MR) is 107 cm³/mol. The molecule has 7 nitrogen and oxygen atoms in total. The molecule has 0 spiro atoms. The van der Waals surface area contributed by atoms with E-state index in [1.165, 1.54) is 10.1 Å². The molecule has 140 valence electrons. The van der Waals surface area contributed by atoms with E-state index in [0.717, 1.165) is 12.0 Å². The summed E-state index contributed by atoms with van der Waals surface area (Å²) in [6.07, 6.45) is 0.926. The molecule has 0 aliphatic carbocycles. The van der Waals surface area contributed by atoms with E-state index >= 15 is 0 Å². The molecular weight excluding hydrogens is 354 g/mol. The Kier molecular flexibility index (Phi) is 4.72. The summed E-state index contributed by atoms with van der Waals surface area (Å²) in [4.78, 5) is 24.6. The van der Waals surface area contributed by atoms with Crippen molar-refractivity contribution >= 4 is 17.1 Å². The Morgan fingerprint density at radius 3 is 2.57 bits per heavy atom. The Morgan fingerprint density at radius 2 is 1.86 bits per heavy atom. The third kappa shape index (κ3) is 3.55. The molecule has 0 saturated heterocycles. The Labute approximate surface area is 161 Å². The minimum Gasteiger partial charge on any atom is -0.326 e. The van der Waals surface area contributed by atoms with Gasteiger partial charge in [0.2, 0.25) is 5.91 Å². The topological polar surface area (TPSA) is 92.1 Å². The number of nitrogens with one attached hydrogen (secondary N) is 2. The second-order valence-corrected chi connectivity index (χ2v) is 6.44. The molecule has 0 atom stereocenters. The van der Waals surface area contributed by atoms with Gasteiger partial charge in [-0.15, -0.1) is 0 Å². The number of carbonyl (C=O) groups excluding carboxylic acids is 1. The van der Waals surface area contributed by atoms with Gasteiger partial charge in [-0.05, 0) is 30.2 Å². The number of hydrogen-bond donors (Lipinski definition) is 2. The highest BCUT2D eigenvalue weighted by Gasteiger charge is 2.14. The maximum absolute atomic E-state index is 12.5. The lowest BCUT2D eigenvalue weighted by Gasteiger charge is -2.06. The molecular formula is C21H19N5O2. The van der Waals surface area contributed by atoms with Gasteiger partial charge >= 0.3 is 0 Å². The molecule has 0 aliphatic heterocycles. The van der Waals surface area contributed by atoms with Crippen molar-refractivity contribution in [3.8, 4) is 11.3 Å². The Morgan fingerprint density at radius 1 is 1.11 bits per heavy atom. The van der Waals surface area contributed by atoms with Crippen LogP contribution in [0.1, 0.15) is 18.3 Å². The van der Waals surface area contributed by atoms with Crippen LogP contribution >= 0.6 is 0 Å². The molecule has 4 aromatic rings. The summed E-state index contributed by atoms with van der Waals surface area (Å²) in [5.41, 5.74) is 3.45. The van der Waals surface area contributed by atoms with Crippen LogP contribution in [0.15, 0.2) is 65.5 Å². The Bertz CT molecular complexity index is 1180. The molecule has 7 heteroatoms. The Balaban J connectivity index is 1.61. The lowest BCUT2D eigenvalue weighted by Crippen LogP contribution is -2.22. The normalized spacial score (nSPS) is 10.9. The number of aromatic nitrogens is 4. The summed E-state index contributed by atoms with van der Waals surface area (Å²) < 4.78 is 1.43. The van der Waals surface area contributed by atoms with E-state index in [4.69, 9.17) is 0 Å². The fourth-order valence-corrected chi connectivity index (χ4v) is 3.00. The monoisotopic (exact) mass is 373 g/mol. The molecule has 0 fully saturated rings. The first-order valence-electron chi connectivity index (χ1n) is 9.05. The van der Waals surface area contributed by atoms with Gasteiger partial charge in [-0.1, -0.05) is 49.4 Å². The Hall–Kier alpha value is -3.74. The van der Waals surface area contributed by atoms with Gasteiger partial charge in [-0.25, -0.2) is 9.61 Å². The number of anilines is 1. The van der Waals surface area contributed by atoms with Crippen LogP contribution in [0.4, 0.5) is 5.69 Å². The summed E-state index contributed by atoms with van der Waals surface area (Å²) in [5, 5.41) is 13.8. The molecule has 0 bridgehead atoms. The van der Waals surface area contributed by atoms with Crippen molar-refractivity contribution in [1.29, 1.82) is 0 Å². The largest absolute Gasteiger partial charge is 0.326 e. The maximum atomic E-state index is 12.5. The quantitative estimate of drug-likeness (QED) is 0.563. The highest BCUT2D eigenvalue weighted by molar-refractivity contribution is 5.91. The zero-order valence-electron chi connectivity index (χ0n) is 15.3. The molecule has 0 radical (unpaired) electrons. The summed E-state index contributed by atoms with van der Waals surface area (Å²) in [7, 11) is 0.